The third-order valence-corrected chi connectivity index (χ3v) is 2.74. The molecule has 0 fully saturated rings. The van der Waals surface area contributed by atoms with E-state index in [0.29, 0.717) is 0 Å². The molecule has 0 aliphatic carbocycles. The van der Waals surface area contributed by atoms with E-state index in [1.165, 1.54) is 16.4 Å². The van der Waals surface area contributed by atoms with Crippen LogP contribution in [0.5, 0.6) is 0 Å². The van der Waals surface area contributed by atoms with Gasteiger partial charge in [-0.05, 0) is 31.4 Å². The Hall–Kier alpha value is -0.350. The number of hydrogen-bond acceptors (Lipinski definition) is 0. The zero-order chi connectivity index (χ0) is 7.56. The summed E-state index contributed by atoms with van der Waals surface area (Å²) in [6.07, 6.45) is 0. The molecule has 0 bridgehead atoms. The van der Waals surface area contributed by atoms with Crippen molar-refractivity contribution in [1.82, 2.24) is 0 Å². The molecule has 0 heterocycles. The molecule has 10 heavy (non-hydrogen) atoms. The van der Waals surface area contributed by atoms with Crippen molar-refractivity contribution in [2.24, 2.45) is 0 Å². The largest absolute Gasteiger partial charge is 0.0933 e. The van der Waals surface area contributed by atoms with Crippen molar-refractivity contribution in [3.63, 3.8) is 0 Å². The van der Waals surface area contributed by atoms with Crippen LogP contribution in [0.15, 0.2) is 18.2 Å². The normalized spacial score (nSPS) is 11.1. The van der Waals surface area contributed by atoms with Crippen LogP contribution in [-0.4, -0.2) is 6.66 Å². The quantitative estimate of drug-likeness (QED) is 0.541. The van der Waals surface area contributed by atoms with Gasteiger partial charge in [-0.25, -0.2) is 0 Å². The average Bonchev–Trinajstić information content (AvgIpc) is 1.94. The van der Waals surface area contributed by atoms with Crippen LogP contribution in [0.4, 0.5) is 0 Å². The number of hydrogen-bond donors (Lipinski definition) is 0. The van der Waals surface area contributed by atoms with E-state index in [4.69, 9.17) is 0 Å². The Labute approximate surface area is 64.4 Å². The monoisotopic (exact) mass is 152 g/mol. The highest BCUT2D eigenvalue weighted by Gasteiger charge is 1.93. The zero-order valence-electron chi connectivity index (χ0n) is 6.73. The minimum atomic E-state index is 0.925. The molecule has 0 spiro atoms. The third kappa shape index (κ3) is 1.58. The van der Waals surface area contributed by atoms with E-state index in [9.17, 15) is 0 Å². The SMILES string of the molecule is CPc1cc(C)ccc1C. The van der Waals surface area contributed by atoms with Crippen LogP contribution >= 0.6 is 8.58 Å². The van der Waals surface area contributed by atoms with Crippen molar-refractivity contribution < 1.29 is 0 Å². The van der Waals surface area contributed by atoms with Crippen molar-refractivity contribution in [3.8, 4) is 0 Å². The molecular weight excluding hydrogens is 139 g/mol. The Morgan fingerprint density at radius 1 is 1.20 bits per heavy atom. The Bertz CT molecular complexity index is 228. The predicted molar refractivity (Wildman–Crippen MR) is 49.8 cm³/mol. The van der Waals surface area contributed by atoms with Gasteiger partial charge in [0.25, 0.3) is 0 Å². The fourth-order valence-electron chi connectivity index (χ4n) is 1.01. The van der Waals surface area contributed by atoms with Gasteiger partial charge in [0.2, 0.25) is 0 Å². The first-order chi connectivity index (χ1) is 4.74. The topological polar surface area (TPSA) is 0 Å². The molecule has 1 aromatic carbocycles. The summed E-state index contributed by atoms with van der Waals surface area (Å²) in [7, 11) is 0.925. The minimum Gasteiger partial charge on any atom is -0.0933 e. The summed E-state index contributed by atoms with van der Waals surface area (Å²) >= 11 is 0. The lowest BCUT2D eigenvalue weighted by Crippen LogP contribution is -1.98. The molecule has 0 nitrogen and oxygen atoms in total. The Morgan fingerprint density at radius 2 is 1.90 bits per heavy atom. The number of benzene rings is 1. The van der Waals surface area contributed by atoms with Gasteiger partial charge in [-0.3, -0.25) is 0 Å². The molecule has 1 atom stereocenters. The lowest BCUT2D eigenvalue weighted by Gasteiger charge is -2.02. The first kappa shape index (κ1) is 7.75. The fourth-order valence-corrected chi connectivity index (χ4v) is 1.85. The summed E-state index contributed by atoms with van der Waals surface area (Å²) in [5.74, 6) is 0. The van der Waals surface area contributed by atoms with Crippen LogP contribution in [0.3, 0.4) is 0 Å². The van der Waals surface area contributed by atoms with E-state index < -0.39 is 0 Å². The van der Waals surface area contributed by atoms with E-state index in [1.54, 1.807) is 0 Å². The lowest BCUT2D eigenvalue weighted by molar-refractivity contribution is 1.43. The van der Waals surface area contributed by atoms with Crippen LogP contribution in [-0.2, 0) is 0 Å². The highest BCUT2D eigenvalue weighted by Crippen LogP contribution is 2.09. The van der Waals surface area contributed by atoms with Crippen molar-refractivity contribution in [3.05, 3.63) is 29.3 Å². The summed E-state index contributed by atoms with van der Waals surface area (Å²) in [6, 6.07) is 6.63. The highest BCUT2D eigenvalue weighted by molar-refractivity contribution is 7.46. The van der Waals surface area contributed by atoms with Crippen LogP contribution in [0.1, 0.15) is 11.1 Å². The van der Waals surface area contributed by atoms with E-state index in [1.807, 2.05) is 0 Å². The lowest BCUT2D eigenvalue weighted by atomic mass is 10.2. The smallest absolute Gasteiger partial charge is 0.0242 e. The van der Waals surface area contributed by atoms with E-state index in [-0.39, 0.29) is 0 Å². The minimum absolute atomic E-state index is 0.925. The maximum absolute atomic E-state index is 2.27. The van der Waals surface area contributed by atoms with Crippen LogP contribution in [0.25, 0.3) is 0 Å². The molecule has 0 aliphatic rings. The molecule has 0 aromatic heterocycles. The van der Waals surface area contributed by atoms with E-state index in [0.717, 1.165) is 8.58 Å². The maximum Gasteiger partial charge on any atom is -0.0242 e. The molecule has 0 N–H and O–H groups in total. The van der Waals surface area contributed by atoms with E-state index in [2.05, 4.69) is 38.7 Å². The number of aryl methyl sites for hydroxylation is 2. The molecule has 1 unspecified atom stereocenters. The number of rotatable bonds is 1. The fraction of sp³-hybridized carbons (Fsp3) is 0.333. The van der Waals surface area contributed by atoms with Crippen LogP contribution in [0, 0.1) is 13.8 Å². The Morgan fingerprint density at radius 3 is 2.40 bits per heavy atom. The van der Waals surface area contributed by atoms with Crippen molar-refractivity contribution in [2.45, 2.75) is 13.8 Å². The second kappa shape index (κ2) is 3.16. The van der Waals surface area contributed by atoms with Gasteiger partial charge in [0.15, 0.2) is 0 Å². The molecule has 1 rings (SSSR count). The second-order valence-electron chi connectivity index (χ2n) is 2.57. The molecule has 1 heteroatoms. The molecule has 1 aromatic rings. The zero-order valence-corrected chi connectivity index (χ0v) is 7.73. The third-order valence-electron chi connectivity index (χ3n) is 1.66. The van der Waals surface area contributed by atoms with Gasteiger partial charge in [-0.2, -0.15) is 0 Å². The van der Waals surface area contributed by atoms with Gasteiger partial charge in [-0.15, -0.1) is 0 Å². The van der Waals surface area contributed by atoms with Crippen molar-refractivity contribution in [2.75, 3.05) is 6.66 Å². The molecule has 0 saturated heterocycles. The summed E-state index contributed by atoms with van der Waals surface area (Å²) in [5, 5.41) is 1.50. The molecule has 0 aliphatic heterocycles. The Balaban J connectivity index is 3.09. The first-order valence-corrected chi connectivity index (χ1v) is 4.99. The highest BCUT2D eigenvalue weighted by atomic mass is 31.1. The summed E-state index contributed by atoms with van der Waals surface area (Å²) in [4.78, 5) is 0. The van der Waals surface area contributed by atoms with Gasteiger partial charge in [0.1, 0.15) is 0 Å². The Kier molecular flexibility index (Phi) is 2.45. The molecule has 0 amide bonds. The van der Waals surface area contributed by atoms with Gasteiger partial charge in [0, 0.05) is 0 Å². The summed E-state index contributed by atoms with van der Waals surface area (Å²) in [6.45, 7) is 6.54. The second-order valence-corrected chi connectivity index (χ2v) is 3.61. The molecular formula is C9H13P. The standard InChI is InChI=1S/C9H13P/c1-7-4-5-8(2)9(6-7)10-3/h4-6,10H,1-3H3. The van der Waals surface area contributed by atoms with Crippen molar-refractivity contribution in [1.29, 1.82) is 0 Å². The maximum atomic E-state index is 2.27. The van der Waals surface area contributed by atoms with Gasteiger partial charge in [-0.1, -0.05) is 32.3 Å². The van der Waals surface area contributed by atoms with Crippen LogP contribution in [0.2, 0.25) is 0 Å². The van der Waals surface area contributed by atoms with Gasteiger partial charge < -0.3 is 0 Å². The molecule has 0 saturated carbocycles. The predicted octanol–water partition coefficient (Wildman–Crippen LogP) is 2.24. The van der Waals surface area contributed by atoms with Crippen molar-refractivity contribution >= 4 is 13.9 Å². The van der Waals surface area contributed by atoms with Gasteiger partial charge >= 0.3 is 0 Å². The van der Waals surface area contributed by atoms with Gasteiger partial charge in [0.05, 0.1) is 0 Å². The first-order valence-electron chi connectivity index (χ1n) is 3.49. The average molecular weight is 152 g/mol. The van der Waals surface area contributed by atoms with Crippen LogP contribution < -0.4 is 5.30 Å². The molecule has 54 valence electrons. The summed E-state index contributed by atoms with van der Waals surface area (Å²) in [5.41, 5.74) is 2.79. The molecule has 0 radical (unpaired) electrons. The van der Waals surface area contributed by atoms with E-state index >= 15 is 0 Å². The summed E-state index contributed by atoms with van der Waals surface area (Å²) < 4.78 is 0.